The maximum Gasteiger partial charge on any atom is 0.363 e. The van der Waals surface area contributed by atoms with Crippen molar-refractivity contribution < 1.29 is 14.5 Å². The van der Waals surface area contributed by atoms with Crippen molar-refractivity contribution >= 4 is 45.2 Å². The molecule has 0 aliphatic carbocycles. The first-order valence-electron chi connectivity index (χ1n) is 9.29. The molecule has 0 saturated heterocycles. The van der Waals surface area contributed by atoms with Gasteiger partial charge in [-0.3, -0.25) is 10.1 Å². The van der Waals surface area contributed by atoms with Gasteiger partial charge in [-0.05, 0) is 45.3 Å². The van der Waals surface area contributed by atoms with E-state index >= 15 is 0 Å². The summed E-state index contributed by atoms with van der Waals surface area (Å²) in [4.78, 5) is 27.6. The Balaban J connectivity index is 1.71. The van der Waals surface area contributed by atoms with Crippen molar-refractivity contribution in [1.29, 1.82) is 0 Å². The lowest BCUT2D eigenvalue weighted by Gasteiger charge is -2.08. The van der Waals surface area contributed by atoms with E-state index in [1.165, 1.54) is 12.1 Å². The molecular formula is C24H14N2O4. The van der Waals surface area contributed by atoms with Crippen molar-refractivity contribution in [3.05, 3.63) is 106 Å². The molecule has 0 spiro atoms. The average Bonchev–Trinajstić information content (AvgIpc) is 3.13. The highest BCUT2D eigenvalue weighted by Crippen LogP contribution is 2.32. The molecule has 0 saturated carbocycles. The molecule has 0 fully saturated rings. The number of nitro groups is 1. The van der Waals surface area contributed by atoms with Gasteiger partial charge in [0.05, 0.1) is 4.92 Å². The quantitative estimate of drug-likeness (QED) is 0.156. The molecule has 5 rings (SSSR count). The molecule has 0 aromatic heterocycles. The fraction of sp³-hybridized carbons (Fsp3) is 0. The standard InChI is InChI=1S/C24H14N2O4/c27-24-21(25-23(30-24)19-11-5-6-12-22(19)26(28)29)14-20-17-9-3-1-7-15(17)13-16-8-2-4-10-18(16)20/h1-14H/b21-14-. The minimum absolute atomic E-state index is 0.0666. The number of para-hydroxylation sites is 1. The molecule has 6 heteroatoms. The number of benzene rings is 4. The summed E-state index contributed by atoms with van der Waals surface area (Å²) in [5, 5.41) is 15.4. The van der Waals surface area contributed by atoms with E-state index in [1.807, 2.05) is 48.5 Å². The van der Waals surface area contributed by atoms with Gasteiger partial charge in [-0.25, -0.2) is 9.79 Å². The summed E-state index contributed by atoms with van der Waals surface area (Å²) < 4.78 is 5.29. The smallest absolute Gasteiger partial charge is 0.363 e. The maximum absolute atomic E-state index is 12.5. The third-order valence-corrected chi connectivity index (χ3v) is 5.05. The van der Waals surface area contributed by atoms with Crippen LogP contribution in [0.2, 0.25) is 0 Å². The molecule has 4 aromatic carbocycles. The topological polar surface area (TPSA) is 81.8 Å². The van der Waals surface area contributed by atoms with Crippen LogP contribution in [0.5, 0.6) is 0 Å². The number of ether oxygens (including phenoxy) is 1. The van der Waals surface area contributed by atoms with Gasteiger partial charge in [-0.1, -0.05) is 60.7 Å². The van der Waals surface area contributed by atoms with E-state index < -0.39 is 10.9 Å². The second-order valence-corrected chi connectivity index (χ2v) is 6.84. The summed E-state index contributed by atoms with van der Waals surface area (Å²) in [6.45, 7) is 0. The molecule has 1 heterocycles. The van der Waals surface area contributed by atoms with Crippen LogP contribution in [0.25, 0.3) is 27.6 Å². The maximum atomic E-state index is 12.5. The van der Waals surface area contributed by atoms with Gasteiger partial charge in [0.2, 0.25) is 5.90 Å². The third kappa shape index (κ3) is 2.91. The Kier molecular flexibility index (Phi) is 4.10. The van der Waals surface area contributed by atoms with Crippen LogP contribution in [0.3, 0.4) is 0 Å². The first-order valence-corrected chi connectivity index (χ1v) is 9.29. The van der Waals surface area contributed by atoms with Crippen molar-refractivity contribution in [2.24, 2.45) is 4.99 Å². The number of esters is 1. The lowest BCUT2D eigenvalue weighted by atomic mass is 9.96. The zero-order valence-electron chi connectivity index (χ0n) is 15.6. The van der Waals surface area contributed by atoms with E-state index in [1.54, 1.807) is 18.2 Å². The van der Waals surface area contributed by atoms with Crippen molar-refractivity contribution in [3.63, 3.8) is 0 Å². The summed E-state index contributed by atoms with van der Waals surface area (Å²) in [7, 11) is 0. The summed E-state index contributed by atoms with van der Waals surface area (Å²) in [6.07, 6.45) is 1.69. The van der Waals surface area contributed by atoms with Crippen molar-refractivity contribution in [2.45, 2.75) is 0 Å². The molecule has 0 unspecified atom stereocenters. The molecule has 30 heavy (non-hydrogen) atoms. The van der Waals surface area contributed by atoms with Gasteiger partial charge in [-0.2, -0.15) is 0 Å². The normalized spacial score (nSPS) is 14.9. The zero-order chi connectivity index (χ0) is 20.7. The predicted molar refractivity (Wildman–Crippen MR) is 115 cm³/mol. The predicted octanol–water partition coefficient (Wildman–Crippen LogP) is 5.25. The molecule has 0 amide bonds. The van der Waals surface area contributed by atoms with Crippen LogP contribution in [0.1, 0.15) is 11.1 Å². The number of carbonyl (C=O) groups is 1. The third-order valence-electron chi connectivity index (χ3n) is 5.05. The highest BCUT2D eigenvalue weighted by molar-refractivity contribution is 6.16. The van der Waals surface area contributed by atoms with Gasteiger partial charge in [-0.15, -0.1) is 0 Å². The molecule has 1 aliphatic heterocycles. The number of carbonyl (C=O) groups excluding carboxylic acids is 1. The van der Waals surface area contributed by atoms with E-state index in [2.05, 4.69) is 11.1 Å². The van der Waals surface area contributed by atoms with E-state index in [4.69, 9.17) is 4.74 Å². The minimum atomic E-state index is -0.639. The molecule has 6 nitrogen and oxygen atoms in total. The van der Waals surface area contributed by atoms with Gasteiger partial charge in [0, 0.05) is 6.07 Å². The summed E-state index contributed by atoms with van der Waals surface area (Å²) in [5.41, 5.74) is 0.954. The van der Waals surface area contributed by atoms with Gasteiger partial charge >= 0.3 is 5.97 Å². The van der Waals surface area contributed by atoms with Crippen LogP contribution in [-0.4, -0.2) is 16.8 Å². The molecular weight excluding hydrogens is 380 g/mol. The number of fused-ring (bicyclic) bond motifs is 2. The van der Waals surface area contributed by atoms with E-state index in [0.29, 0.717) is 0 Å². The molecule has 0 N–H and O–H groups in total. The Hall–Kier alpha value is -4.32. The number of rotatable bonds is 3. The van der Waals surface area contributed by atoms with E-state index in [9.17, 15) is 14.9 Å². The highest BCUT2D eigenvalue weighted by Gasteiger charge is 2.29. The number of hydrogen-bond acceptors (Lipinski definition) is 5. The fourth-order valence-corrected chi connectivity index (χ4v) is 3.68. The average molecular weight is 394 g/mol. The largest absolute Gasteiger partial charge is 0.402 e. The number of hydrogen-bond donors (Lipinski definition) is 0. The van der Waals surface area contributed by atoms with Crippen LogP contribution in [0.15, 0.2) is 89.6 Å². The van der Waals surface area contributed by atoms with Crippen molar-refractivity contribution in [2.75, 3.05) is 0 Å². The molecule has 0 radical (unpaired) electrons. The molecule has 0 atom stereocenters. The monoisotopic (exact) mass is 394 g/mol. The first kappa shape index (κ1) is 17.8. The minimum Gasteiger partial charge on any atom is -0.402 e. The lowest BCUT2D eigenvalue weighted by molar-refractivity contribution is -0.385. The second-order valence-electron chi connectivity index (χ2n) is 6.84. The van der Waals surface area contributed by atoms with Gasteiger partial charge in [0.15, 0.2) is 5.70 Å². The Bertz CT molecular complexity index is 1370. The van der Waals surface area contributed by atoms with E-state index in [-0.39, 0.29) is 22.8 Å². The zero-order valence-corrected chi connectivity index (χ0v) is 15.6. The van der Waals surface area contributed by atoms with Crippen LogP contribution in [0.4, 0.5) is 5.69 Å². The lowest BCUT2D eigenvalue weighted by Crippen LogP contribution is -2.07. The van der Waals surface area contributed by atoms with Crippen LogP contribution in [0, 0.1) is 10.1 Å². The second kappa shape index (κ2) is 6.93. The van der Waals surface area contributed by atoms with Crippen molar-refractivity contribution in [3.8, 4) is 0 Å². The molecule has 0 bridgehead atoms. The fourth-order valence-electron chi connectivity index (χ4n) is 3.68. The van der Waals surface area contributed by atoms with Gasteiger partial charge < -0.3 is 4.74 Å². The first-order chi connectivity index (χ1) is 14.6. The summed E-state index contributed by atoms with van der Waals surface area (Å²) >= 11 is 0. The Morgan fingerprint density at radius 3 is 2.13 bits per heavy atom. The van der Waals surface area contributed by atoms with E-state index in [0.717, 1.165) is 27.1 Å². The molecule has 4 aromatic rings. The van der Waals surface area contributed by atoms with Gasteiger partial charge in [0.25, 0.3) is 5.69 Å². The molecule has 144 valence electrons. The van der Waals surface area contributed by atoms with Gasteiger partial charge in [0.1, 0.15) is 5.56 Å². The van der Waals surface area contributed by atoms with Crippen molar-refractivity contribution in [1.82, 2.24) is 0 Å². The number of aliphatic imine (C=N–C) groups is 1. The number of cyclic esters (lactones) is 1. The van der Waals surface area contributed by atoms with Crippen LogP contribution in [-0.2, 0) is 9.53 Å². The summed E-state index contributed by atoms with van der Waals surface area (Å²) in [6, 6.07) is 24.0. The van der Waals surface area contributed by atoms with Crippen LogP contribution >= 0.6 is 0 Å². The molecule has 1 aliphatic rings. The SMILES string of the molecule is O=C1OC(c2ccccc2[N+](=O)[O-])=N/C1=C\c1c2ccccc2cc2ccccc12. The van der Waals surface area contributed by atoms with Crippen LogP contribution < -0.4 is 0 Å². The Morgan fingerprint density at radius 1 is 0.867 bits per heavy atom. The Morgan fingerprint density at radius 2 is 1.47 bits per heavy atom. The highest BCUT2D eigenvalue weighted by atomic mass is 16.6. The number of nitrogens with zero attached hydrogens (tertiary/aromatic N) is 2. The number of nitro benzene ring substituents is 1. The summed E-state index contributed by atoms with van der Waals surface area (Å²) in [5.74, 6) is -0.705. The Labute approximate surface area is 170 Å².